The van der Waals surface area contributed by atoms with Crippen LogP contribution in [-0.2, 0) is 32.9 Å². The molecule has 2 heterocycles. The van der Waals surface area contributed by atoms with Gasteiger partial charge in [-0.25, -0.2) is 0 Å². The van der Waals surface area contributed by atoms with Gasteiger partial charge in [-0.15, -0.1) is 0 Å². The van der Waals surface area contributed by atoms with E-state index >= 15 is 0 Å². The molecule has 15 heteroatoms. The fraction of sp³-hybridized carbons (Fsp3) is 1.00. The van der Waals surface area contributed by atoms with Gasteiger partial charge < -0.3 is 68.5 Å². The molecule has 0 spiro atoms. The molecule has 0 saturated carbocycles. The van der Waals surface area contributed by atoms with Crippen molar-refractivity contribution in [2.75, 3.05) is 46.8 Å². The molecular weight excluding hydrogens is 519 g/mol. The van der Waals surface area contributed by atoms with Gasteiger partial charge in [0.2, 0.25) is 0 Å². The molecule has 2 aliphatic rings. The number of hydrogen-bond donors (Lipinski definition) is 7. The first kappa shape index (κ1) is 33.1. The number of ether oxygens (including phenoxy) is 6. The van der Waals surface area contributed by atoms with Gasteiger partial charge in [-0.2, -0.15) is 0 Å². The lowest BCUT2D eigenvalue weighted by Gasteiger charge is -2.43. The van der Waals surface area contributed by atoms with Crippen molar-refractivity contribution in [3.63, 3.8) is 0 Å². The summed E-state index contributed by atoms with van der Waals surface area (Å²) >= 11 is 0. The predicted octanol–water partition coefficient (Wildman–Crippen LogP) is -2.23. The average molecular weight is 563 g/mol. The van der Waals surface area contributed by atoms with Crippen LogP contribution in [0.5, 0.6) is 0 Å². The molecule has 2 saturated heterocycles. The first-order valence-electron chi connectivity index (χ1n) is 12.5. The molecule has 0 bridgehead atoms. The van der Waals surface area contributed by atoms with Crippen LogP contribution in [0.25, 0.3) is 0 Å². The van der Waals surface area contributed by atoms with Gasteiger partial charge in [0, 0.05) is 26.9 Å². The number of aliphatic hydroxyl groups is 6. The molecular formula is C22H43O14P. The van der Waals surface area contributed by atoms with Crippen molar-refractivity contribution in [1.82, 2.24) is 0 Å². The summed E-state index contributed by atoms with van der Waals surface area (Å²) in [4.78, 5) is 8.60. The number of unbranched alkanes of at least 4 members (excludes halogenated alkanes) is 3. The summed E-state index contributed by atoms with van der Waals surface area (Å²) in [7, 11) is 1.05. The molecule has 2 fully saturated rings. The van der Waals surface area contributed by atoms with Crippen LogP contribution in [0.4, 0.5) is 0 Å². The first-order valence-corrected chi connectivity index (χ1v) is 13.4. The predicted molar refractivity (Wildman–Crippen MR) is 128 cm³/mol. The zero-order valence-corrected chi connectivity index (χ0v) is 22.0. The van der Waals surface area contributed by atoms with Crippen molar-refractivity contribution in [2.45, 2.75) is 93.5 Å². The Hall–Kier alpha value is -0.130. The largest absolute Gasteiger partial charge is 0.387 e. The zero-order chi connectivity index (χ0) is 27.2. The Morgan fingerprint density at radius 3 is 1.76 bits per heavy atom. The minimum atomic E-state index is -1.60. The van der Waals surface area contributed by atoms with Gasteiger partial charge in [-0.1, -0.05) is 0 Å². The molecule has 220 valence electrons. The SMILES string of the molecule is COCCCCCOC1OC(COC2OC(COCCCCOPO)C(O)C(O)C2O)C(O)C(O)C1O. The molecule has 0 aromatic carbocycles. The van der Waals surface area contributed by atoms with Crippen molar-refractivity contribution >= 4 is 9.03 Å². The van der Waals surface area contributed by atoms with Crippen LogP contribution in [0.15, 0.2) is 0 Å². The van der Waals surface area contributed by atoms with Gasteiger partial charge in [-0.05, 0) is 32.1 Å². The van der Waals surface area contributed by atoms with Crippen LogP contribution in [-0.4, -0.2) is 144 Å². The number of rotatable bonds is 18. The van der Waals surface area contributed by atoms with Gasteiger partial charge in [-0.3, -0.25) is 0 Å². The second-order valence-corrected chi connectivity index (χ2v) is 9.48. The van der Waals surface area contributed by atoms with E-state index in [1.807, 2.05) is 0 Å². The Morgan fingerprint density at radius 2 is 1.14 bits per heavy atom. The van der Waals surface area contributed by atoms with E-state index in [-0.39, 0.29) is 19.8 Å². The Morgan fingerprint density at radius 1 is 0.595 bits per heavy atom. The number of aliphatic hydroxyl groups excluding tert-OH is 6. The van der Waals surface area contributed by atoms with Crippen LogP contribution in [0, 0.1) is 0 Å². The van der Waals surface area contributed by atoms with Crippen LogP contribution in [0.2, 0.25) is 0 Å². The van der Waals surface area contributed by atoms with Crippen LogP contribution in [0.1, 0.15) is 32.1 Å². The molecule has 0 aromatic heterocycles. The third-order valence-electron chi connectivity index (χ3n) is 6.17. The fourth-order valence-corrected chi connectivity index (χ4v) is 4.16. The molecule has 2 rings (SSSR count). The standard InChI is InChI=1S/C22H43O14P/c1-30-7-3-2-4-9-32-21-19(27)18(26)16(24)14(36-21)12-33-22-20(28)17(25)15(23)13(35-22)11-31-8-5-6-10-34-37-29/h13-29,37H,2-12H2,1H3. The summed E-state index contributed by atoms with van der Waals surface area (Å²) in [6, 6.07) is 0. The first-order chi connectivity index (χ1) is 17.8. The van der Waals surface area contributed by atoms with Gasteiger partial charge in [0.15, 0.2) is 21.6 Å². The molecule has 7 N–H and O–H groups in total. The summed E-state index contributed by atoms with van der Waals surface area (Å²) in [5, 5.41) is 61.6. The second-order valence-electron chi connectivity index (χ2n) is 9.01. The lowest BCUT2D eigenvalue weighted by atomic mass is 9.98. The van der Waals surface area contributed by atoms with Crippen LogP contribution in [0.3, 0.4) is 0 Å². The molecule has 2 aliphatic heterocycles. The minimum Gasteiger partial charge on any atom is -0.387 e. The second kappa shape index (κ2) is 18.3. The molecule has 0 aromatic rings. The fourth-order valence-electron chi connectivity index (χ4n) is 3.92. The average Bonchev–Trinajstić information content (AvgIpc) is 2.89. The molecule has 14 nitrogen and oxygen atoms in total. The number of methoxy groups -OCH3 is 1. The van der Waals surface area contributed by atoms with Crippen molar-refractivity contribution in [3.8, 4) is 0 Å². The molecule has 37 heavy (non-hydrogen) atoms. The van der Waals surface area contributed by atoms with E-state index in [1.165, 1.54) is 0 Å². The van der Waals surface area contributed by atoms with Gasteiger partial charge >= 0.3 is 0 Å². The van der Waals surface area contributed by atoms with Gasteiger partial charge in [0.25, 0.3) is 0 Å². The summed E-state index contributed by atoms with van der Waals surface area (Å²) < 4.78 is 37.6. The zero-order valence-electron chi connectivity index (χ0n) is 21.0. The van der Waals surface area contributed by atoms with E-state index in [4.69, 9.17) is 37.8 Å². The lowest BCUT2D eigenvalue weighted by Crippen LogP contribution is -2.61. The maximum absolute atomic E-state index is 10.3. The van der Waals surface area contributed by atoms with E-state index in [2.05, 4.69) is 0 Å². The highest BCUT2D eigenvalue weighted by atomic mass is 31.1. The Labute approximate surface area is 218 Å². The summed E-state index contributed by atoms with van der Waals surface area (Å²) in [5.74, 6) is 0. The number of hydrogen-bond acceptors (Lipinski definition) is 14. The van der Waals surface area contributed by atoms with Crippen molar-refractivity contribution in [3.05, 3.63) is 0 Å². The molecule has 0 radical (unpaired) electrons. The summed E-state index contributed by atoms with van der Waals surface area (Å²) in [5.41, 5.74) is 0. The Kier molecular flexibility index (Phi) is 16.3. The van der Waals surface area contributed by atoms with Gasteiger partial charge in [0.1, 0.15) is 48.8 Å². The normalized spacial score (nSPS) is 37.0. The highest BCUT2D eigenvalue weighted by molar-refractivity contribution is 7.24. The van der Waals surface area contributed by atoms with Crippen LogP contribution >= 0.6 is 9.03 Å². The van der Waals surface area contributed by atoms with E-state index in [9.17, 15) is 30.6 Å². The monoisotopic (exact) mass is 562 g/mol. The van der Waals surface area contributed by atoms with E-state index in [1.54, 1.807) is 7.11 Å². The molecule has 11 unspecified atom stereocenters. The molecule has 11 atom stereocenters. The van der Waals surface area contributed by atoms with E-state index < -0.39 is 70.4 Å². The van der Waals surface area contributed by atoms with E-state index in [0.29, 0.717) is 39.1 Å². The van der Waals surface area contributed by atoms with Crippen LogP contribution < -0.4 is 0 Å². The van der Waals surface area contributed by atoms with Crippen molar-refractivity contribution in [2.24, 2.45) is 0 Å². The molecule has 0 aliphatic carbocycles. The smallest absolute Gasteiger partial charge is 0.186 e. The summed E-state index contributed by atoms with van der Waals surface area (Å²) in [6.07, 6.45) is -10.2. The lowest BCUT2D eigenvalue weighted by molar-refractivity contribution is -0.331. The van der Waals surface area contributed by atoms with Gasteiger partial charge in [0.05, 0.1) is 19.8 Å². The minimum absolute atomic E-state index is 0.0822. The quantitative estimate of drug-likeness (QED) is 0.0697. The maximum atomic E-state index is 10.3. The van der Waals surface area contributed by atoms with E-state index in [0.717, 1.165) is 12.8 Å². The Balaban J connectivity index is 1.82. The summed E-state index contributed by atoms with van der Waals surface area (Å²) in [6.45, 7) is 1.14. The highest BCUT2D eigenvalue weighted by Crippen LogP contribution is 2.26. The highest BCUT2D eigenvalue weighted by Gasteiger charge is 2.47. The van der Waals surface area contributed by atoms with Crippen molar-refractivity contribution < 1.29 is 68.5 Å². The Bertz CT molecular complexity index is 592. The third kappa shape index (κ3) is 10.7. The van der Waals surface area contributed by atoms with Crippen molar-refractivity contribution in [1.29, 1.82) is 0 Å². The molecule has 0 amide bonds. The maximum Gasteiger partial charge on any atom is 0.186 e. The topological polar surface area (TPSA) is 206 Å². The third-order valence-corrected chi connectivity index (χ3v) is 6.50.